The molecule has 0 saturated carbocycles. The maximum absolute atomic E-state index is 13.6. The number of aryl methyl sites for hydroxylation is 1. The van der Waals surface area contributed by atoms with E-state index in [0.29, 0.717) is 10.6 Å². The molecule has 0 bridgehead atoms. The molecule has 1 N–H and O–H groups in total. The highest BCUT2D eigenvalue weighted by Crippen LogP contribution is 2.30. The number of piperidine rings is 1. The second-order valence-corrected chi connectivity index (χ2v) is 6.86. The number of carbonyl (C=O) groups is 1. The fraction of sp³-hybridized carbons (Fsp3) is 0.353. The van der Waals surface area contributed by atoms with Crippen molar-refractivity contribution < 1.29 is 9.18 Å². The van der Waals surface area contributed by atoms with Crippen LogP contribution in [0.3, 0.4) is 0 Å². The van der Waals surface area contributed by atoms with Gasteiger partial charge in [-0.15, -0.1) is 11.3 Å². The lowest BCUT2D eigenvalue weighted by molar-refractivity contribution is 0.103. The van der Waals surface area contributed by atoms with E-state index in [2.05, 4.69) is 10.2 Å². The van der Waals surface area contributed by atoms with Crippen LogP contribution in [0.4, 0.5) is 15.8 Å². The third kappa shape index (κ3) is 3.30. The molecule has 116 valence electrons. The molecule has 1 saturated heterocycles. The molecular weight excluding hydrogens is 299 g/mol. The van der Waals surface area contributed by atoms with Gasteiger partial charge in [-0.2, -0.15) is 0 Å². The Balaban J connectivity index is 1.85. The van der Waals surface area contributed by atoms with Crippen LogP contribution >= 0.6 is 11.3 Å². The maximum atomic E-state index is 13.6. The third-order valence-electron chi connectivity index (χ3n) is 3.87. The molecule has 1 aliphatic heterocycles. The standard InChI is InChI=1S/C17H19FN2OS/c1-12-5-8-16(22-12)17(21)19-14-11-13(18)6-7-15(14)20-9-3-2-4-10-20/h5-8,11H,2-4,9-10H2,1H3,(H,19,21). The molecule has 0 aliphatic carbocycles. The zero-order valence-corrected chi connectivity index (χ0v) is 13.4. The summed E-state index contributed by atoms with van der Waals surface area (Å²) in [5.41, 5.74) is 1.46. The normalized spacial score (nSPS) is 14.9. The van der Waals surface area contributed by atoms with Gasteiger partial charge in [0.05, 0.1) is 16.3 Å². The van der Waals surface area contributed by atoms with Crippen molar-refractivity contribution in [3.63, 3.8) is 0 Å². The van der Waals surface area contributed by atoms with Crippen molar-refractivity contribution in [3.05, 3.63) is 45.9 Å². The van der Waals surface area contributed by atoms with Gasteiger partial charge in [0.1, 0.15) is 5.82 Å². The van der Waals surface area contributed by atoms with Crippen LogP contribution in [-0.4, -0.2) is 19.0 Å². The first-order valence-electron chi connectivity index (χ1n) is 7.56. The minimum absolute atomic E-state index is 0.179. The largest absolute Gasteiger partial charge is 0.370 e. The summed E-state index contributed by atoms with van der Waals surface area (Å²) in [7, 11) is 0. The number of carbonyl (C=O) groups excluding carboxylic acids is 1. The Bertz CT molecular complexity index is 677. The summed E-state index contributed by atoms with van der Waals surface area (Å²) in [5, 5.41) is 2.87. The minimum Gasteiger partial charge on any atom is -0.370 e. The molecule has 1 fully saturated rings. The van der Waals surface area contributed by atoms with Crippen LogP contribution in [0.1, 0.15) is 33.8 Å². The van der Waals surface area contributed by atoms with Crippen LogP contribution in [0.25, 0.3) is 0 Å². The molecular formula is C17H19FN2OS. The Kier molecular flexibility index (Phi) is 4.43. The molecule has 3 nitrogen and oxygen atoms in total. The number of thiophene rings is 1. The Hall–Kier alpha value is -1.88. The van der Waals surface area contributed by atoms with E-state index >= 15 is 0 Å². The molecule has 1 aromatic carbocycles. The van der Waals surface area contributed by atoms with Gasteiger partial charge in [-0.1, -0.05) is 0 Å². The summed E-state index contributed by atoms with van der Waals surface area (Å²) >= 11 is 1.44. The summed E-state index contributed by atoms with van der Waals surface area (Å²) in [6.45, 7) is 3.86. The number of rotatable bonds is 3. The van der Waals surface area contributed by atoms with Gasteiger partial charge in [0.15, 0.2) is 0 Å². The van der Waals surface area contributed by atoms with Gasteiger partial charge in [0.2, 0.25) is 0 Å². The maximum Gasteiger partial charge on any atom is 0.265 e. The molecule has 2 aromatic rings. The van der Waals surface area contributed by atoms with E-state index in [1.165, 1.54) is 29.9 Å². The van der Waals surface area contributed by atoms with E-state index in [-0.39, 0.29) is 11.7 Å². The Morgan fingerprint density at radius 3 is 2.64 bits per heavy atom. The lowest BCUT2D eigenvalue weighted by Crippen LogP contribution is -2.30. The van der Waals surface area contributed by atoms with Crippen molar-refractivity contribution in [2.75, 3.05) is 23.3 Å². The number of hydrogen-bond donors (Lipinski definition) is 1. The average Bonchev–Trinajstić information content (AvgIpc) is 2.95. The Morgan fingerprint density at radius 1 is 1.18 bits per heavy atom. The Labute approximate surface area is 133 Å². The SMILES string of the molecule is Cc1ccc(C(=O)Nc2cc(F)ccc2N2CCCCC2)s1. The lowest BCUT2D eigenvalue weighted by atomic mass is 10.1. The number of nitrogens with zero attached hydrogens (tertiary/aromatic N) is 1. The third-order valence-corrected chi connectivity index (χ3v) is 4.87. The van der Waals surface area contributed by atoms with Crippen LogP contribution in [0.15, 0.2) is 30.3 Å². The molecule has 0 spiro atoms. The van der Waals surface area contributed by atoms with Gasteiger partial charge >= 0.3 is 0 Å². The van der Waals surface area contributed by atoms with Crippen molar-refractivity contribution in [1.82, 2.24) is 0 Å². The summed E-state index contributed by atoms with van der Waals surface area (Å²) in [4.78, 5) is 16.3. The van der Waals surface area contributed by atoms with E-state index in [9.17, 15) is 9.18 Å². The first-order chi connectivity index (χ1) is 10.6. The van der Waals surface area contributed by atoms with E-state index in [0.717, 1.165) is 36.5 Å². The number of anilines is 2. The van der Waals surface area contributed by atoms with E-state index in [4.69, 9.17) is 0 Å². The first kappa shape index (κ1) is 15.0. The zero-order chi connectivity index (χ0) is 15.5. The van der Waals surface area contributed by atoms with E-state index in [1.54, 1.807) is 12.1 Å². The molecule has 0 atom stereocenters. The average molecular weight is 318 g/mol. The second-order valence-electron chi connectivity index (χ2n) is 5.57. The highest BCUT2D eigenvalue weighted by Gasteiger charge is 2.17. The molecule has 0 radical (unpaired) electrons. The molecule has 1 aliphatic rings. The van der Waals surface area contributed by atoms with Gasteiger partial charge in [-0.05, 0) is 56.5 Å². The highest BCUT2D eigenvalue weighted by molar-refractivity contribution is 7.14. The van der Waals surface area contributed by atoms with Crippen LogP contribution in [0, 0.1) is 12.7 Å². The summed E-state index contributed by atoms with van der Waals surface area (Å²) in [5.74, 6) is -0.514. The topological polar surface area (TPSA) is 32.3 Å². The van der Waals surface area contributed by atoms with Crippen molar-refractivity contribution in [1.29, 1.82) is 0 Å². The number of benzene rings is 1. The minimum atomic E-state index is -0.335. The van der Waals surface area contributed by atoms with Crippen LogP contribution in [-0.2, 0) is 0 Å². The second kappa shape index (κ2) is 6.48. The van der Waals surface area contributed by atoms with Crippen molar-refractivity contribution in [2.24, 2.45) is 0 Å². The monoisotopic (exact) mass is 318 g/mol. The summed E-state index contributed by atoms with van der Waals surface area (Å²) in [6.07, 6.45) is 3.50. The highest BCUT2D eigenvalue weighted by atomic mass is 32.1. The van der Waals surface area contributed by atoms with Crippen LogP contribution in [0.5, 0.6) is 0 Å². The van der Waals surface area contributed by atoms with Gasteiger partial charge < -0.3 is 10.2 Å². The first-order valence-corrected chi connectivity index (χ1v) is 8.37. The molecule has 1 aromatic heterocycles. The Morgan fingerprint density at radius 2 is 1.95 bits per heavy atom. The van der Waals surface area contributed by atoms with E-state index in [1.807, 2.05) is 13.0 Å². The quantitative estimate of drug-likeness (QED) is 0.907. The number of amides is 1. The fourth-order valence-electron chi connectivity index (χ4n) is 2.76. The fourth-order valence-corrected chi connectivity index (χ4v) is 3.52. The number of halogens is 1. The van der Waals surface area contributed by atoms with Crippen LogP contribution < -0.4 is 10.2 Å². The number of hydrogen-bond acceptors (Lipinski definition) is 3. The summed E-state index contributed by atoms with van der Waals surface area (Å²) in [6, 6.07) is 8.33. The zero-order valence-electron chi connectivity index (χ0n) is 12.6. The smallest absolute Gasteiger partial charge is 0.265 e. The summed E-state index contributed by atoms with van der Waals surface area (Å²) < 4.78 is 13.6. The van der Waals surface area contributed by atoms with E-state index < -0.39 is 0 Å². The van der Waals surface area contributed by atoms with Gasteiger partial charge in [-0.25, -0.2) is 4.39 Å². The predicted octanol–water partition coefficient (Wildman–Crippen LogP) is 4.44. The van der Waals surface area contributed by atoms with Crippen molar-refractivity contribution in [3.8, 4) is 0 Å². The molecule has 2 heterocycles. The molecule has 22 heavy (non-hydrogen) atoms. The van der Waals surface area contributed by atoms with Gasteiger partial charge in [-0.3, -0.25) is 4.79 Å². The molecule has 3 rings (SSSR count). The number of nitrogens with one attached hydrogen (secondary N) is 1. The molecule has 5 heteroatoms. The van der Waals surface area contributed by atoms with Gasteiger partial charge in [0, 0.05) is 18.0 Å². The van der Waals surface area contributed by atoms with Crippen molar-refractivity contribution in [2.45, 2.75) is 26.2 Å². The lowest BCUT2D eigenvalue weighted by Gasteiger charge is -2.30. The van der Waals surface area contributed by atoms with Crippen molar-refractivity contribution >= 4 is 28.6 Å². The predicted molar refractivity (Wildman–Crippen MR) is 89.5 cm³/mol. The molecule has 0 unspecified atom stereocenters. The molecule has 1 amide bonds. The van der Waals surface area contributed by atoms with Gasteiger partial charge in [0.25, 0.3) is 5.91 Å². The van der Waals surface area contributed by atoms with Crippen LogP contribution in [0.2, 0.25) is 0 Å².